The molecule has 1 aromatic carbocycles. The lowest BCUT2D eigenvalue weighted by molar-refractivity contribution is 0.0991. The standard InChI is InChI=1S/C13H8BrClINO/c14-8-1-3-10(17-7-8)6-13(18)11-5-9(15)2-4-12(11)16/h1-5,7H,6H2. The van der Waals surface area contributed by atoms with Gasteiger partial charge in [-0.15, -0.1) is 0 Å². The van der Waals surface area contributed by atoms with Crippen LogP contribution in [-0.2, 0) is 6.42 Å². The van der Waals surface area contributed by atoms with Crippen molar-refractivity contribution in [1.29, 1.82) is 0 Å². The maximum atomic E-state index is 12.2. The van der Waals surface area contributed by atoms with Gasteiger partial charge in [0, 0.05) is 30.5 Å². The Labute approximate surface area is 132 Å². The van der Waals surface area contributed by atoms with Gasteiger partial charge in [-0.1, -0.05) is 11.6 Å². The van der Waals surface area contributed by atoms with Crippen LogP contribution < -0.4 is 0 Å². The number of carbonyl (C=O) groups excluding carboxylic acids is 1. The highest BCUT2D eigenvalue weighted by Gasteiger charge is 2.12. The minimum atomic E-state index is 0.0247. The summed E-state index contributed by atoms with van der Waals surface area (Å²) in [6.45, 7) is 0. The fourth-order valence-corrected chi connectivity index (χ4v) is 2.52. The Hall–Kier alpha value is -0.460. The van der Waals surface area contributed by atoms with Crippen LogP contribution >= 0.6 is 50.1 Å². The third-order valence-electron chi connectivity index (χ3n) is 2.36. The molecule has 2 aromatic rings. The second-order valence-corrected chi connectivity index (χ2v) is 6.21. The SMILES string of the molecule is O=C(Cc1ccc(Br)cn1)c1cc(Cl)ccc1I. The number of carbonyl (C=O) groups is 1. The molecule has 18 heavy (non-hydrogen) atoms. The Bertz CT molecular complexity index is 586. The van der Waals surface area contributed by atoms with Crippen LogP contribution in [-0.4, -0.2) is 10.8 Å². The first kappa shape index (κ1) is 14.0. The normalized spacial score (nSPS) is 10.4. The third-order valence-corrected chi connectivity index (χ3v) is 4.00. The number of hydrogen-bond acceptors (Lipinski definition) is 2. The first-order valence-electron chi connectivity index (χ1n) is 5.15. The van der Waals surface area contributed by atoms with Crippen LogP contribution in [0.2, 0.25) is 5.02 Å². The third kappa shape index (κ3) is 3.52. The van der Waals surface area contributed by atoms with Crippen molar-refractivity contribution in [1.82, 2.24) is 4.98 Å². The molecule has 0 spiro atoms. The molecule has 0 saturated heterocycles. The van der Waals surface area contributed by atoms with Crippen molar-refractivity contribution in [3.63, 3.8) is 0 Å². The first-order valence-corrected chi connectivity index (χ1v) is 7.40. The molecular formula is C13H8BrClINO. The maximum Gasteiger partial charge on any atom is 0.169 e. The molecule has 0 aliphatic heterocycles. The number of nitrogens with zero attached hydrogens (tertiary/aromatic N) is 1. The molecule has 1 heterocycles. The van der Waals surface area contributed by atoms with Gasteiger partial charge in [0.05, 0.1) is 6.42 Å². The van der Waals surface area contributed by atoms with Crippen molar-refractivity contribution in [2.75, 3.05) is 0 Å². The zero-order valence-electron chi connectivity index (χ0n) is 9.16. The predicted molar refractivity (Wildman–Crippen MR) is 84.1 cm³/mol. The smallest absolute Gasteiger partial charge is 0.169 e. The summed E-state index contributed by atoms with van der Waals surface area (Å²) in [5.74, 6) is 0.0247. The van der Waals surface area contributed by atoms with Crippen molar-refractivity contribution in [2.24, 2.45) is 0 Å². The van der Waals surface area contributed by atoms with E-state index in [-0.39, 0.29) is 12.2 Å². The average Bonchev–Trinajstić information content (AvgIpc) is 2.35. The summed E-state index contributed by atoms with van der Waals surface area (Å²) >= 11 is 11.4. The van der Waals surface area contributed by atoms with Crippen LogP contribution in [0, 0.1) is 3.57 Å². The highest BCUT2D eigenvalue weighted by atomic mass is 127. The van der Waals surface area contributed by atoms with E-state index in [4.69, 9.17) is 11.6 Å². The molecule has 0 aliphatic rings. The van der Waals surface area contributed by atoms with E-state index < -0.39 is 0 Å². The largest absolute Gasteiger partial charge is 0.294 e. The monoisotopic (exact) mass is 435 g/mol. The van der Waals surface area contributed by atoms with Crippen LogP contribution in [0.5, 0.6) is 0 Å². The van der Waals surface area contributed by atoms with Crippen LogP contribution in [0.1, 0.15) is 16.1 Å². The van der Waals surface area contributed by atoms with E-state index >= 15 is 0 Å². The van der Waals surface area contributed by atoms with E-state index in [0.717, 1.165) is 13.7 Å². The molecule has 0 bridgehead atoms. The lowest BCUT2D eigenvalue weighted by atomic mass is 10.1. The molecule has 0 unspecified atom stereocenters. The highest BCUT2D eigenvalue weighted by Crippen LogP contribution is 2.19. The number of ketones is 1. The summed E-state index contributed by atoms with van der Waals surface area (Å²) in [4.78, 5) is 16.3. The quantitative estimate of drug-likeness (QED) is 0.523. The zero-order chi connectivity index (χ0) is 13.1. The molecule has 2 nitrogen and oxygen atoms in total. The molecule has 1 aromatic heterocycles. The van der Waals surface area contributed by atoms with Crippen LogP contribution in [0.25, 0.3) is 0 Å². The number of aromatic nitrogens is 1. The Morgan fingerprint density at radius 3 is 2.78 bits per heavy atom. The molecule has 0 aliphatic carbocycles. The van der Waals surface area contributed by atoms with Gasteiger partial charge in [0.15, 0.2) is 5.78 Å². The molecule has 5 heteroatoms. The van der Waals surface area contributed by atoms with Crippen molar-refractivity contribution in [3.05, 3.63) is 60.9 Å². The molecule has 0 N–H and O–H groups in total. The number of benzene rings is 1. The Balaban J connectivity index is 2.21. The lowest BCUT2D eigenvalue weighted by Gasteiger charge is -2.04. The fraction of sp³-hybridized carbons (Fsp3) is 0.0769. The molecule has 0 amide bonds. The molecule has 0 fully saturated rings. The van der Waals surface area contributed by atoms with Crippen molar-refractivity contribution < 1.29 is 4.79 Å². The fourth-order valence-electron chi connectivity index (χ4n) is 1.48. The maximum absolute atomic E-state index is 12.2. The van der Waals surface area contributed by atoms with Gasteiger partial charge in [-0.05, 0) is 68.9 Å². The van der Waals surface area contributed by atoms with E-state index in [1.807, 2.05) is 18.2 Å². The predicted octanol–water partition coefficient (Wildman–Crippen LogP) is 4.53. The van der Waals surface area contributed by atoms with Gasteiger partial charge < -0.3 is 0 Å². The minimum Gasteiger partial charge on any atom is -0.294 e. The molecule has 0 radical (unpaired) electrons. The van der Waals surface area contributed by atoms with Crippen molar-refractivity contribution in [2.45, 2.75) is 6.42 Å². The summed E-state index contributed by atoms with van der Waals surface area (Å²) in [5, 5.41) is 0.572. The van der Waals surface area contributed by atoms with E-state index in [1.54, 1.807) is 18.3 Å². The van der Waals surface area contributed by atoms with Gasteiger partial charge in [-0.2, -0.15) is 0 Å². The molecule has 2 rings (SSSR count). The molecule has 0 atom stereocenters. The second kappa shape index (κ2) is 6.12. The topological polar surface area (TPSA) is 30.0 Å². The van der Waals surface area contributed by atoms with Gasteiger partial charge in [0.25, 0.3) is 0 Å². The number of Topliss-reactive ketones (excluding diaryl/α,β-unsaturated/α-hetero) is 1. The highest BCUT2D eigenvalue weighted by molar-refractivity contribution is 14.1. The lowest BCUT2D eigenvalue weighted by Crippen LogP contribution is -2.06. The van der Waals surface area contributed by atoms with Crippen molar-refractivity contribution in [3.8, 4) is 0 Å². The van der Waals surface area contributed by atoms with Crippen molar-refractivity contribution >= 4 is 55.9 Å². The van der Waals surface area contributed by atoms with E-state index in [0.29, 0.717) is 10.6 Å². The number of pyridine rings is 1. The zero-order valence-corrected chi connectivity index (χ0v) is 13.7. The van der Waals surface area contributed by atoms with Crippen LogP contribution in [0.4, 0.5) is 0 Å². The van der Waals surface area contributed by atoms with E-state index in [1.165, 1.54) is 0 Å². The number of hydrogen-bond donors (Lipinski definition) is 0. The van der Waals surface area contributed by atoms with Gasteiger partial charge in [-0.25, -0.2) is 0 Å². The second-order valence-electron chi connectivity index (χ2n) is 3.69. The first-order chi connectivity index (χ1) is 8.56. The minimum absolute atomic E-state index is 0.0247. The Morgan fingerprint density at radius 1 is 1.33 bits per heavy atom. The number of halogens is 3. The Morgan fingerprint density at radius 2 is 2.11 bits per heavy atom. The summed E-state index contributed by atoms with van der Waals surface area (Å²) in [5.41, 5.74) is 1.40. The van der Waals surface area contributed by atoms with E-state index in [9.17, 15) is 4.79 Å². The molecule has 92 valence electrons. The Kier molecular flexibility index (Phi) is 4.75. The van der Waals surface area contributed by atoms with Gasteiger partial charge in [-0.3, -0.25) is 9.78 Å². The summed E-state index contributed by atoms with van der Waals surface area (Å²) in [6.07, 6.45) is 1.97. The van der Waals surface area contributed by atoms with Crippen LogP contribution in [0.15, 0.2) is 41.0 Å². The summed E-state index contributed by atoms with van der Waals surface area (Å²) in [7, 11) is 0. The number of rotatable bonds is 3. The van der Waals surface area contributed by atoms with Gasteiger partial charge >= 0.3 is 0 Å². The molecule has 0 saturated carbocycles. The van der Waals surface area contributed by atoms with E-state index in [2.05, 4.69) is 43.5 Å². The molecular weight excluding hydrogens is 428 g/mol. The van der Waals surface area contributed by atoms with Crippen LogP contribution in [0.3, 0.4) is 0 Å². The average molecular weight is 436 g/mol. The van der Waals surface area contributed by atoms with Gasteiger partial charge in [0.2, 0.25) is 0 Å². The summed E-state index contributed by atoms with van der Waals surface area (Å²) in [6, 6.07) is 9.02. The summed E-state index contributed by atoms with van der Waals surface area (Å²) < 4.78 is 1.80. The van der Waals surface area contributed by atoms with Gasteiger partial charge in [0.1, 0.15) is 0 Å².